The molecule has 0 unspecified atom stereocenters. The smallest absolute Gasteiger partial charge is 0.223 e. The molecule has 3 N–H and O–H groups in total. The van der Waals surface area contributed by atoms with Gasteiger partial charge in [0.15, 0.2) is 0 Å². The van der Waals surface area contributed by atoms with Crippen LogP contribution in [-0.2, 0) is 6.42 Å². The van der Waals surface area contributed by atoms with Crippen molar-refractivity contribution in [1.29, 1.82) is 0 Å². The van der Waals surface area contributed by atoms with Crippen molar-refractivity contribution in [2.24, 2.45) is 0 Å². The maximum atomic E-state index is 5.79. The Labute approximate surface area is 128 Å². The Balaban J connectivity index is 1.78. The number of fused-ring (bicyclic) bond motifs is 1. The first-order valence-corrected chi connectivity index (χ1v) is 7.77. The normalized spacial score (nSPS) is 11.0. The summed E-state index contributed by atoms with van der Waals surface area (Å²) in [5.41, 5.74) is 8.45. The van der Waals surface area contributed by atoms with Gasteiger partial charge >= 0.3 is 0 Å². The van der Waals surface area contributed by atoms with Crippen LogP contribution in [0.1, 0.15) is 16.0 Å². The molecule has 3 rings (SSSR count). The average molecular weight is 298 g/mol. The molecule has 0 aliphatic rings. The molecule has 0 amide bonds. The van der Waals surface area contributed by atoms with Crippen molar-refractivity contribution in [2.75, 3.05) is 17.6 Å². The van der Waals surface area contributed by atoms with Gasteiger partial charge in [0.25, 0.3) is 0 Å². The summed E-state index contributed by atoms with van der Waals surface area (Å²) < 4.78 is 0. The first kappa shape index (κ1) is 13.8. The van der Waals surface area contributed by atoms with E-state index in [1.54, 1.807) is 11.3 Å². The predicted octanol–water partition coefficient (Wildman–Crippen LogP) is 3.54. The molecule has 0 atom stereocenters. The molecule has 0 saturated heterocycles. The highest BCUT2D eigenvalue weighted by Crippen LogP contribution is 2.28. The number of benzene rings is 1. The number of hydrogen-bond acceptors (Lipinski definition) is 5. The van der Waals surface area contributed by atoms with Gasteiger partial charge in [-0.3, -0.25) is 0 Å². The van der Waals surface area contributed by atoms with Crippen molar-refractivity contribution in [3.63, 3.8) is 0 Å². The van der Waals surface area contributed by atoms with Gasteiger partial charge in [0.2, 0.25) is 5.95 Å². The Kier molecular flexibility index (Phi) is 3.75. The van der Waals surface area contributed by atoms with E-state index in [1.807, 2.05) is 0 Å². The van der Waals surface area contributed by atoms with E-state index in [2.05, 4.69) is 59.5 Å². The summed E-state index contributed by atoms with van der Waals surface area (Å²) in [6, 6.07) is 10.5. The van der Waals surface area contributed by atoms with Gasteiger partial charge in [-0.1, -0.05) is 24.3 Å². The zero-order valence-electron chi connectivity index (χ0n) is 12.2. The lowest BCUT2D eigenvalue weighted by Gasteiger charge is -2.09. The molecular formula is C16H18N4S. The fourth-order valence-electron chi connectivity index (χ4n) is 2.40. The minimum atomic E-state index is 0.322. The van der Waals surface area contributed by atoms with Crippen LogP contribution in [0.5, 0.6) is 0 Å². The number of aryl methyl sites for hydroxylation is 2. The molecule has 0 aliphatic heterocycles. The van der Waals surface area contributed by atoms with Crippen LogP contribution < -0.4 is 11.1 Å². The molecule has 21 heavy (non-hydrogen) atoms. The van der Waals surface area contributed by atoms with E-state index in [0.29, 0.717) is 5.95 Å². The molecule has 5 heteroatoms. The van der Waals surface area contributed by atoms with Crippen molar-refractivity contribution in [3.05, 3.63) is 46.3 Å². The minimum Gasteiger partial charge on any atom is -0.369 e. The number of nitrogens with zero attached hydrogens (tertiary/aromatic N) is 2. The molecule has 3 aromatic rings. The topological polar surface area (TPSA) is 63.8 Å². The van der Waals surface area contributed by atoms with Gasteiger partial charge in [-0.15, -0.1) is 11.3 Å². The molecule has 2 aromatic heterocycles. The Morgan fingerprint density at radius 3 is 2.81 bits per heavy atom. The summed E-state index contributed by atoms with van der Waals surface area (Å²) in [5, 5.41) is 4.45. The van der Waals surface area contributed by atoms with Crippen LogP contribution in [0.15, 0.2) is 30.3 Å². The van der Waals surface area contributed by atoms with Crippen LogP contribution in [0.4, 0.5) is 11.8 Å². The molecular weight excluding hydrogens is 280 g/mol. The van der Waals surface area contributed by atoms with Gasteiger partial charge in [0.05, 0.1) is 5.39 Å². The summed E-state index contributed by atoms with van der Waals surface area (Å²) >= 11 is 1.64. The number of nitrogens with two attached hydrogens (primary N) is 1. The zero-order chi connectivity index (χ0) is 14.8. The van der Waals surface area contributed by atoms with Crippen LogP contribution in [0, 0.1) is 13.8 Å². The van der Waals surface area contributed by atoms with Crippen molar-refractivity contribution in [3.8, 4) is 0 Å². The zero-order valence-corrected chi connectivity index (χ0v) is 13.0. The lowest BCUT2D eigenvalue weighted by atomic mass is 10.1. The van der Waals surface area contributed by atoms with Crippen LogP contribution in [0.25, 0.3) is 10.2 Å². The highest BCUT2D eigenvalue weighted by atomic mass is 32.1. The van der Waals surface area contributed by atoms with E-state index < -0.39 is 0 Å². The quantitative estimate of drug-likeness (QED) is 0.773. The third kappa shape index (κ3) is 2.97. The second-order valence-corrected chi connectivity index (χ2v) is 6.34. The molecule has 0 radical (unpaired) electrons. The number of nitrogens with one attached hydrogen (secondary N) is 1. The maximum Gasteiger partial charge on any atom is 0.223 e. The van der Waals surface area contributed by atoms with E-state index in [0.717, 1.165) is 29.0 Å². The molecule has 0 fully saturated rings. The molecule has 1 aromatic carbocycles. The van der Waals surface area contributed by atoms with Gasteiger partial charge in [-0.2, -0.15) is 4.98 Å². The van der Waals surface area contributed by atoms with Crippen molar-refractivity contribution >= 4 is 33.3 Å². The molecule has 0 bridgehead atoms. The Morgan fingerprint density at radius 1 is 1.19 bits per heavy atom. The molecule has 108 valence electrons. The number of rotatable bonds is 4. The van der Waals surface area contributed by atoms with E-state index >= 15 is 0 Å². The number of anilines is 2. The Morgan fingerprint density at radius 2 is 2.00 bits per heavy atom. The molecule has 0 aliphatic carbocycles. The highest BCUT2D eigenvalue weighted by Gasteiger charge is 2.09. The predicted molar refractivity (Wildman–Crippen MR) is 89.9 cm³/mol. The summed E-state index contributed by atoms with van der Waals surface area (Å²) in [7, 11) is 0. The van der Waals surface area contributed by atoms with Gasteiger partial charge < -0.3 is 11.1 Å². The van der Waals surface area contributed by atoms with Crippen molar-refractivity contribution in [1.82, 2.24) is 9.97 Å². The van der Waals surface area contributed by atoms with E-state index in [1.165, 1.54) is 16.0 Å². The Bertz CT molecular complexity index is 779. The minimum absolute atomic E-state index is 0.322. The standard InChI is InChI=1S/C16H18N4S/c1-10-5-3-4-6-12(10)7-8-18-14-13-9-11(2)21-15(13)20-16(17)19-14/h3-6,9H,7-8H2,1-2H3,(H3,17,18,19,20). The molecule has 0 spiro atoms. The number of aromatic nitrogens is 2. The monoisotopic (exact) mass is 298 g/mol. The largest absolute Gasteiger partial charge is 0.369 e. The number of thiophene rings is 1. The van der Waals surface area contributed by atoms with Gasteiger partial charge in [-0.05, 0) is 37.5 Å². The molecule has 2 heterocycles. The molecule has 4 nitrogen and oxygen atoms in total. The maximum absolute atomic E-state index is 5.79. The van der Waals surface area contributed by atoms with Crippen LogP contribution >= 0.6 is 11.3 Å². The van der Waals surface area contributed by atoms with Crippen molar-refractivity contribution < 1.29 is 0 Å². The first-order valence-electron chi connectivity index (χ1n) is 6.95. The fourth-order valence-corrected chi connectivity index (χ4v) is 3.29. The number of hydrogen-bond donors (Lipinski definition) is 2. The third-order valence-electron chi connectivity index (χ3n) is 3.48. The lowest BCUT2D eigenvalue weighted by molar-refractivity contribution is 0.995. The SMILES string of the molecule is Cc1cc2c(NCCc3ccccc3C)nc(N)nc2s1. The second-order valence-electron chi connectivity index (χ2n) is 5.11. The lowest BCUT2D eigenvalue weighted by Crippen LogP contribution is -2.08. The van der Waals surface area contributed by atoms with E-state index in [-0.39, 0.29) is 0 Å². The van der Waals surface area contributed by atoms with Gasteiger partial charge in [-0.25, -0.2) is 4.98 Å². The van der Waals surface area contributed by atoms with E-state index in [9.17, 15) is 0 Å². The number of nitrogen functional groups attached to an aromatic ring is 1. The van der Waals surface area contributed by atoms with Crippen LogP contribution in [0.3, 0.4) is 0 Å². The third-order valence-corrected chi connectivity index (χ3v) is 4.43. The fraction of sp³-hybridized carbons (Fsp3) is 0.250. The van der Waals surface area contributed by atoms with Crippen molar-refractivity contribution in [2.45, 2.75) is 20.3 Å². The van der Waals surface area contributed by atoms with Crippen LogP contribution in [-0.4, -0.2) is 16.5 Å². The average Bonchev–Trinajstić information content (AvgIpc) is 2.81. The summed E-state index contributed by atoms with van der Waals surface area (Å²) in [4.78, 5) is 10.8. The first-order chi connectivity index (χ1) is 10.1. The molecule has 0 saturated carbocycles. The summed E-state index contributed by atoms with van der Waals surface area (Å²) in [5.74, 6) is 1.15. The van der Waals surface area contributed by atoms with Gasteiger partial charge in [0.1, 0.15) is 10.6 Å². The van der Waals surface area contributed by atoms with Crippen LogP contribution in [0.2, 0.25) is 0 Å². The van der Waals surface area contributed by atoms with E-state index in [4.69, 9.17) is 5.73 Å². The summed E-state index contributed by atoms with van der Waals surface area (Å²) in [6.07, 6.45) is 0.960. The van der Waals surface area contributed by atoms with Gasteiger partial charge in [0, 0.05) is 11.4 Å². The second kappa shape index (κ2) is 5.69. The summed E-state index contributed by atoms with van der Waals surface area (Å²) in [6.45, 7) is 5.03. The Hall–Kier alpha value is -2.14. The highest BCUT2D eigenvalue weighted by molar-refractivity contribution is 7.18.